The number of ether oxygens (including phenoxy) is 1. The highest BCUT2D eigenvalue weighted by Gasteiger charge is 2.28. The lowest BCUT2D eigenvalue weighted by Crippen LogP contribution is -2.43. The van der Waals surface area contributed by atoms with Gasteiger partial charge in [-0.1, -0.05) is 13.8 Å². The molecule has 5 rings (SSSR count). The number of hydrogen-bond donors (Lipinski definition) is 2. The Bertz CT molecular complexity index is 1070. The topological polar surface area (TPSA) is 93.0 Å². The zero-order chi connectivity index (χ0) is 21.4. The summed E-state index contributed by atoms with van der Waals surface area (Å²) in [7, 11) is 0. The molecule has 0 amide bonds. The smallest absolute Gasteiger partial charge is 0.229 e. The van der Waals surface area contributed by atoms with Crippen LogP contribution in [0.2, 0.25) is 0 Å². The lowest BCUT2D eigenvalue weighted by atomic mass is 10.0. The molecule has 3 aromatic heterocycles. The summed E-state index contributed by atoms with van der Waals surface area (Å²) in [6.07, 6.45) is 3.60. The monoisotopic (exact) mass is 420 g/mol. The van der Waals surface area contributed by atoms with Crippen LogP contribution in [0.15, 0.2) is 24.5 Å². The number of aryl methyl sites for hydroxylation is 1. The molecule has 0 atom stereocenters. The summed E-state index contributed by atoms with van der Waals surface area (Å²) in [6, 6.07) is 4.04. The second-order valence-electron chi connectivity index (χ2n) is 8.14. The molecular weight excluding hydrogens is 392 g/mol. The number of aromatic nitrogens is 5. The molecule has 1 saturated heterocycles. The lowest BCUT2D eigenvalue weighted by molar-refractivity contribution is 0.297. The molecule has 0 saturated carbocycles. The van der Waals surface area contributed by atoms with Crippen molar-refractivity contribution in [1.82, 2.24) is 30.0 Å². The Hall–Kier alpha value is -3.20. The van der Waals surface area contributed by atoms with Gasteiger partial charge in [0.2, 0.25) is 5.95 Å². The minimum absolute atomic E-state index is 0.360. The average Bonchev–Trinajstić information content (AvgIpc) is 3.20. The van der Waals surface area contributed by atoms with Crippen LogP contribution in [0, 0.1) is 0 Å². The van der Waals surface area contributed by atoms with Gasteiger partial charge in [-0.15, -0.1) is 0 Å². The van der Waals surface area contributed by atoms with Crippen LogP contribution in [0.5, 0.6) is 5.75 Å². The fraction of sp³-hybridized carbons (Fsp3) is 0.455. The molecule has 1 fully saturated rings. The summed E-state index contributed by atoms with van der Waals surface area (Å²) in [5.41, 5.74) is 5.07. The minimum Gasteiger partial charge on any atom is -0.485 e. The number of piperazine rings is 1. The van der Waals surface area contributed by atoms with E-state index in [4.69, 9.17) is 14.8 Å². The molecule has 0 aliphatic carbocycles. The highest BCUT2D eigenvalue weighted by Crippen LogP contribution is 2.39. The molecular formula is C22H28N8O. The first-order valence-electron chi connectivity index (χ1n) is 10.9. The molecule has 31 heavy (non-hydrogen) atoms. The van der Waals surface area contributed by atoms with Gasteiger partial charge >= 0.3 is 0 Å². The first-order valence-corrected chi connectivity index (χ1v) is 10.9. The number of hydrogen-bond acceptors (Lipinski definition) is 8. The van der Waals surface area contributed by atoms with Crippen LogP contribution in [-0.4, -0.2) is 50.9 Å². The van der Waals surface area contributed by atoms with Gasteiger partial charge in [0.15, 0.2) is 5.75 Å². The highest BCUT2D eigenvalue weighted by atomic mass is 16.5. The molecule has 0 unspecified atom stereocenters. The summed E-state index contributed by atoms with van der Waals surface area (Å²) in [5, 5.41) is 11.4. The van der Waals surface area contributed by atoms with E-state index in [-0.39, 0.29) is 0 Å². The third kappa shape index (κ3) is 3.69. The largest absolute Gasteiger partial charge is 0.485 e. The Morgan fingerprint density at radius 2 is 1.97 bits per heavy atom. The molecule has 0 radical (unpaired) electrons. The SMILES string of the molecule is CCn1nc2c(c1C(C)C)COc1cnc(Nc3ccc(N4CCNCC4)cn3)nc1-2. The Morgan fingerprint density at radius 1 is 1.13 bits per heavy atom. The normalized spacial score (nSPS) is 15.4. The minimum atomic E-state index is 0.360. The van der Waals surface area contributed by atoms with Gasteiger partial charge in [0.05, 0.1) is 18.1 Å². The summed E-state index contributed by atoms with van der Waals surface area (Å²) < 4.78 is 8.01. The Balaban J connectivity index is 1.41. The van der Waals surface area contributed by atoms with Crippen LogP contribution in [0.4, 0.5) is 17.5 Å². The van der Waals surface area contributed by atoms with Crippen molar-refractivity contribution in [1.29, 1.82) is 0 Å². The van der Waals surface area contributed by atoms with E-state index < -0.39 is 0 Å². The molecule has 3 aromatic rings. The van der Waals surface area contributed by atoms with E-state index in [1.807, 2.05) is 12.3 Å². The van der Waals surface area contributed by atoms with Crippen LogP contribution >= 0.6 is 0 Å². The molecule has 0 bridgehead atoms. The Morgan fingerprint density at radius 3 is 2.68 bits per heavy atom. The van der Waals surface area contributed by atoms with Crippen molar-refractivity contribution < 1.29 is 4.74 Å². The van der Waals surface area contributed by atoms with Gasteiger partial charge in [-0.2, -0.15) is 5.10 Å². The maximum absolute atomic E-state index is 5.95. The third-order valence-corrected chi connectivity index (χ3v) is 5.76. The van der Waals surface area contributed by atoms with Crippen molar-refractivity contribution in [3.05, 3.63) is 35.8 Å². The van der Waals surface area contributed by atoms with Crippen LogP contribution in [0.1, 0.15) is 37.9 Å². The number of nitrogens with zero attached hydrogens (tertiary/aromatic N) is 6. The quantitative estimate of drug-likeness (QED) is 0.651. The molecule has 0 aromatic carbocycles. The van der Waals surface area contributed by atoms with Gasteiger partial charge in [-0.05, 0) is 25.0 Å². The average molecular weight is 421 g/mol. The standard InChI is InChI=1S/C22H28N8O/c1-4-30-21(14(2)3)16-13-31-17-12-25-22(27-20(17)19(16)28-30)26-18-6-5-15(11-24-18)29-9-7-23-8-10-29/h5-6,11-12,14,23H,4,7-10,13H2,1-3H3,(H,24,25,26,27). The maximum atomic E-state index is 5.95. The van der Waals surface area contributed by atoms with E-state index in [1.165, 1.54) is 5.69 Å². The Kier molecular flexibility index (Phi) is 5.19. The Labute approximate surface area is 181 Å². The van der Waals surface area contributed by atoms with Gasteiger partial charge in [0.25, 0.3) is 0 Å². The summed E-state index contributed by atoms with van der Waals surface area (Å²) in [6.45, 7) is 11.8. The lowest BCUT2D eigenvalue weighted by Gasteiger charge is -2.29. The van der Waals surface area contributed by atoms with Crippen molar-refractivity contribution in [2.45, 2.75) is 39.8 Å². The molecule has 9 nitrogen and oxygen atoms in total. The number of anilines is 3. The fourth-order valence-electron chi connectivity index (χ4n) is 4.27. The molecule has 9 heteroatoms. The molecule has 5 heterocycles. The zero-order valence-corrected chi connectivity index (χ0v) is 18.2. The maximum Gasteiger partial charge on any atom is 0.229 e. The first kappa shape index (κ1) is 19.7. The van der Waals surface area contributed by atoms with Crippen molar-refractivity contribution in [2.24, 2.45) is 0 Å². The highest BCUT2D eigenvalue weighted by molar-refractivity contribution is 5.70. The number of pyridine rings is 1. The predicted octanol–water partition coefficient (Wildman–Crippen LogP) is 2.92. The van der Waals surface area contributed by atoms with Crippen molar-refractivity contribution in [3.63, 3.8) is 0 Å². The van der Waals surface area contributed by atoms with E-state index in [1.54, 1.807) is 6.20 Å². The van der Waals surface area contributed by atoms with Crippen LogP contribution in [0.3, 0.4) is 0 Å². The fourth-order valence-corrected chi connectivity index (χ4v) is 4.27. The van der Waals surface area contributed by atoms with Gasteiger partial charge in [-0.25, -0.2) is 15.0 Å². The second-order valence-corrected chi connectivity index (χ2v) is 8.14. The van der Waals surface area contributed by atoms with Gasteiger partial charge in [0, 0.05) is 44.0 Å². The van der Waals surface area contributed by atoms with E-state index in [0.717, 1.165) is 55.4 Å². The zero-order valence-electron chi connectivity index (χ0n) is 18.2. The summed E-state index contributed by atoms with van der Waals surface area (Å²) in [4.78, 5) is 16.0. The van der Waals surface area contributed by atoms with E-state index in [0.29, 0.717) is 30.0 Å². The predicted molar refractivity (Wildman–Crippen MR) is 120 cm³/mol. The van der Waals surface area contributed by atoms with Gasteiger partial charge < -0.3 is 20.3 Å². The number of rotatable bonds is 5. The van der Waals surface area contributed by atoms with Crippen LogP contribution in [0.25, 0.3) is 11.4 Å². The molecule has 2 aliphatic heterocycles. The number of nitrogens with one attached hydrogen (secondary N) is 2. The van der Waals surface area contributed by atoms with E-state index in [9.17, 15) is 0 Å². The molecule has 0 spiro atoms. The molecule has 2 N–H and O–H groups in total. The second kappa shape index (κ2) is 8.14. The summed E-state index contributed by atoms with van der Waals surface area (Å²) >= 11 is 0. The third-order valence-electron chi connectivity index (χ3n) is 5.76. The molecule has 2 aliphatic rings. The summed E-state index contributed by atoms with van der Waals surface area (Å²) in [5.74, 6) is 2.21. The molecule has 162 valence electrons. The van der Waals surface area contributed by atoms with Crippen LogP contribution < -0.4 is 20.3 Å². The van der Waals surface area contributed by atoms with E-state index >= 15 is 0 Å². The van der Waals surface area contributed by atoms with Crippen molar-refractivity contribution >= 4 is 17.5 Å². The first-order chi connectivity index (χ1) is 15.1. The van der Waals surface area contributed by atoms with Crippen molar-refractivity contribution in [3.8, 4) is 17.1 Å². The van der Waals surface area contributed by atoms with E-state index in [2.05, 4.69) is 57.0 Å². The van der Waals surface area contributed by atoms with Crippen molar-refractivity contribution in [2.75, 3.05) is 36.4 Å². The van der Waals surface area contributed by atoms with Gasteiger partial charge in [0.1, 0.15) is 23.8 Å². The van der Waals surface area contributed by atoms with Gasteiger partial charge in [-0.3, -0.25) is 4.68 Å². The number of fused-ring (bicyclic) bond motifs is 3. The van der Waals surface area contributed by atoms with Crippen LogP contribution in [-0.2, 0) is 13.2 Å².